The standard InChI is InChI=1S/C24H53N2Si2/c1-6-11-19-27(20-12-7-2)23-24-28(21-13-8-3,22-14-9-4)26(27)18-15-17-25-16-10-5/h25H,5-24H2,1-4H3. The lowest BCUT2D eigenvalue weighted by Gasteiger charge is -2.47. The van der Waals surface area contributed by atoms with Gasteiger partial charge in [0.1, 0.15) is 16.5 Å². The molecule has 28 heavy (non-hydrogen) atoms. The van der Waals surface area contributed by atoms with Crippen LogP contribution in [0.2, 0.25) is 36.3 Å². The average Bonchev–Trinajstić information content (AvgIpc) is 3.01. The molecule has 0 amide bonds. The lowest BCUT2D eigenvalue weighted by Crippen LogP contribution is -2.61. The van der Waals surface area contributed by atoms with Gasteiger partial charge in [-0.1, -0.05) is 86.0 Å². The molecule has 0 atom stereocenters. The molecule has 4 heteroatoms. The van der Waals surface area contributed by atoms with Gasteiger partial charge in [0, 0.05) is 0 Å². The summed E-state index contributed by atoms with van der Waals surface area (Å²) >= 11 is 0. The van der Waals surface area contributed by atoms with Crippen LogP contribution in [0.5, 0.6) is 0 Å². The Balaban J connectivity index is 3.04. The summed E-state index contributed by atoms with van der Waals surface area (Å²) in [5.41, 5.74) is 0. The van der Waals surface area contributed by atoms with Gasteiger partial charge in [-0.3, -0.25) is 0 Å². The van der Waals surface area contributed by atoms with Crippen LogP contribution >= 0.6 is 0 Å². The SMILES string of the molecule is [CH2]CCNCCCN1[Si](CCCC)(CCCC)CC[Si]1(CCCC)CCCC. The van der Waals surface area contributed by atoms with Crippen molar-refractivity contribution in [2.45, 2.75) is 128 Å². The van der Waals surface area contributed by atoms with Crippen LogP contribution < -0.4 is 5.32 Å². The van der Waals surface area contributed by atoms with Crippen LogP contribution in [-0.4, -0.2) is 40.3 Å². The predicted octanol–water partition coefficient (Wildman–Crippen LogP) is 7.60. The molecule has 1 aliphatic heterocycles. The molecule has 1 fully saturated rings. The van der Waals surface area contributed by atoms with Gasteiger partial charge in [0.05, 0.1) is 0 Å². The molecule has 0 aromatic heterocycles. The molecular formula is C24H53N2Si2. The molecular weight excluding hydrogens is 372 g/mol. The van der Waals surface area contributed by atoms with E-state index in [1.54, 1.807) is 36.3 Å². The number of rotatable bonds is 18. The first-order valence-electron chi connectivity index (χ1n) is 12.9. The molecule has 167 valence electrons. The lowest BCUT2D eigenvalue weighted by molar-refractivity contribution is 0.531. The Morgan fingerprint density at radius 1 is 0.679 bits per heavy atom. The highest BCUT2D eigenvalue weighted by Gasteiger charge is 2.55. The normalized spacial score (nSPS) is 18.8. The number of nitrogens with one attached hydrogen (secondary N) is 1. The average molecular weight is 426 g/mol. The largest absolute Gasteiger partial charge is 0.345 e. The maximum Gasteiger partial charge on any atom is 0.121 e. The van der Waals surface area contributed by atoms with E-state index in [9.17, 15) is 0 Å². The van der Waals surface area contributed by atoms with Gasteiger partial charge in [-0.2, -0.15) is 0 Å². The maximum absolute atomic E-state index is 3.98. The van der Waals surface area contributed by atoms with E-state index in [0.717, 1.165) is 13.0 Å². The molecule has 1 saturated heterocycles. The van der Waals surface area contributed by atoms with Crippen LogP contribution in [0, 0.1) is 6.92 Å². The summed E-state index contributed by atoms with van der Waals surface area (Å²) in [4.78, 5) is 0. The minimum absolute atomic E-state index is 1.01. The van der Waals surface area contributed by atoms with Crippen molar-refractivity contribution < 1.29 is 0 Å². The minimum atomic E-state index is -1.25. The number of nitrogens with zero attached hydrogens (tertiary/aromatic N) is 1. The Morgan fingerprint density at radius 3 is 1.46 bits per heavy atom. The Kier molecular flexibility index (Phi) is 14.3. The Bertz CT molecular complexity index is 332. The number of hydrogen-bond donors (Lipinski definition) is 1. The molecule has 1 aliphatic rings. The van der Waals surface area contributed by atoms with Crippen LogP contribution in [0.15, 0.2) is 0 Å². The summed E-state index contributed by atoms with van der Waals surface area (Å²) in [6.07, 6.45) is 13.9. The molecule has 1 heterocycles. The van der Waals surface area contributed by atoms with E-state index in [4.69, 9.17) is 0 Å². The van der Waals surface area contributed by atoms with Crippen LogP contribution in [0.1, 0.15) is 91.9 Å². The van der Waals surface area contributed by atoms with Gasteiger partial charge in [0.2, 0.25) is 0 Å². The number of unbranched alkanes of at least 4 members (excludes halogenated alkanes) is 4. The molecule has 0 bridgehead atoms. The monoisotopic (exact) mass is 425 g/mol. The molecule has 2 nitrogen and oxygen atoms in total. The topological polar surface area (TPSA) is 15.3 Å². The predicted molar refractivity (Wildman–Crippen MR) is 134 cm³/mol. The smallest absolute Gasteiger partial charge is 0.121 e. The van der Waals surface area contributed by atoms with Crippen molar-refractivity contribution in [3.63, 3.8) is 0 Å². The molecule has 1 N–H and O–H groups in total. The molecule has 0 unspecified atom stereocenters. The summed E-state index contributed by atoms with van der Waals surface area (Å²) in [7, 11) is -2.51. The van der Waals surface area contributed by atoms with E-state index < -0.39 is 16.5 Å². The highest BCUT2D eigenvalue weighted by molar-refractivity contribution is 6.97. The van der Waals surface area contributed by atoms with Gasteiger partial charge in [-0.25, -0.2) is 0 Å². The summed E-state index contributed by atoms with van der Waals surface area (Å²) in [6.45, 7) is 17.3. The molecule has 1 radical (unpaired) electrons. The molecule has 1 rings (SSSR count). The summed E-state index contributed by atoms with van der Waals surface area (Å²) in [5.74, 6) is 0. The highest BCUT2D eigenvalue weighted by atomic mass is 28.4. The third-order valence-electron chi connectivity index (χ3n) is 7.27. The summed E-state index contributed by atoms with van der Waals surface area (Å²) in [6, 6.07) is 9.70. The van der Waals surface area contributed by atoms with E-state index in [2.05, 4.69) is 44.2 Å². The zero-order valence-electron chi connectivity index (χ0n) is 20.1. The second-order valence-electron chi connectivity index (χ2n) is 9.47. The third kappa shape index (κ3) is 7.88. The first kappa shape index (κ1) is 26.4. The quantitative estimate of drug-likeness (QED) is 0.180. The Hall–Kier alpha value is 0.354. The van der Waals surface area contributed by atoms with Crippen LogP contribution in [0.4, 0.5) is 0 Å². The van der Waals surface area contributed by atoms with Gasteiger partial charge in [-0.05, 0) is 68.7 Å². The Morgan fingerprint density at radius 2 is 1.11 bits per heavy atom. The van der Waals surface area contributed by atoms with Crippen molar-refractivity contribution in [3.05, 3.63) is 6.92 Å². The van der Waals surface area contributed by atoms with Gasteiger partial charge in [0.15, 0.2) is 0 Å². The maximum atomic E-state index is 3.98. The molecule has 0 aromatic carbocycles. The van der Waals surface area contributed by atoms with E-state index in [1.807, 2.05) is 0 Å². The zero-order valence-corrected chi connectivity index (χ0v) is 22.1. The summed E-state index contributed by atoms with van der Waals surface area (Å²) < 4.78 is 3.39. The minimum Gasteiger partial charge on any atom is -0.345 e. The zero-order chi connectivity index (χ0) is 20.7. The fourth-order valence-corrected chi connectivity index (χ4v) is 23.8. The fourth-order valence-electron chi connectivity index (χ4n) is 5.64. The number of hydrogen-bond acceptors (Lipinski definition) is 2. The van der Waals surface area contributed by atoms with Crippen LogP contribution in [0.25, 0.3) is 0 Å². The summed E-state index contributed by atoms with van der Waals surface area (Å²) in [5, 5.41) is 3.63. The van der Waals surface area contributed by atoms with Crippen molar-refractivity contribution in [3.8, 4) is 0 Å². The fraction of sp³-hybridized carbons (Fsp3) is 0.958. The molecule has 0 aromatic rings. The van der Waals surface area contributed by atoms with Gasteiger partial charge >= 0.3 is 0 Å². The molecule has 0 saturated carbocycles. The van der Waals surface area contributed by atoms with Crippen molar-refractivity contribution in [1.82, 2.24) is 9.55 Å². The van der Waals surface area contributed by atoms with Crippen molar-refractivity contribution in [2.24, 2.45) is 0 Å². The van der Waals surface area contributed by atoms with Gasteiger partial charge in [-0.15, -0.1) is 0 Å². The van der Waals surface area contributed by atoms with E-state index >= 15 is 0 Å². The van der Waals surface area contributed by atoms with Crippen molar-refractivity contribution in [2.75, 3.05) is 19.6 Å². The van der Waals surface area contributed by atoms with E-state index in [1.165, 1.54) is 70.9 Å². The second kappa shape index (κ2) is 15.2. The molecule has 0 aliphatic carbocycles. The van der Waals surface area contributed by atoms with Crippen LogP contribution in [-0.2, 0) is 0 Å². The van der Waals surface area contributed by atoms with Crippen molar-refractivity contribution >= 4 is 16.5 Å². The van der Waals surface area contributed by atoms with Crippen molar-refractivity contribution in [1.29, 1.82) is 0 Å². The third-order valence-corrected chi connectivity index (χ3v) is 20.9. The highest BCUT2D eigenvalue weighted by Crippen LogP contribution is 2.48. The first-order valence-corrected chi connectivity index (χ1v) is 18.1. The second-order valence-corrected chi connectivity index (χ2v) is 18.9. The van der Waals surface area contributed by atoms with E-state index in [0.29, 0.717) is 0 Å². The van der Waals surface area contributed by atoms with Gasteiger partial charge in [0.25, 0.3) is 0 Å². The van der Waals surface area contributed by atoms with Crippen LogP contribution in [0.3, 0.4) is 0 Å². The lowest BCUT2D eigenvalue weighted by atomic mass is 10.4. The van der Waals surface area contributed by atoms with E-state index in [-0.39, 0.29) is 0 Å². The molecule has 0 spiro atoms. The van der Waals surface area contributed by atoms with Gasteiger partial charge < -0.3 is 9.55 Å². The Labute approximate surface area is 180 Å². The first-order chi connectivity index (χ1) is 13.6.